The van der Waals surface area contributed by atoms with Gasteiger partial charge in [0.2, 0.25) is 5.91 Å². The molecule has 1 N–H and O–H groups in total. The van der Waals surface area contributed by atoms with Crippen molar-refractivity contribution in [1.29, 1.82) is 0 Å². The van der Waals surface area contributed by atoms with Crippen LogP contribution in [0.3, 0.4) is 0 Å². The maximum atomic E-state index is 12.1. The highest BCUT2D eigenvalue weighted by molar-refractivity contribution is 5.91. The summed E-state index contributed by atoms with van der Waals surface area (Å²) in [7, 11) is 1.93. The van der Waals surface area contributed by atoms with E-state index in [-0.39, 0.29) is 5.91 Å². The fourth-order valence-corrected chi connectivity index (χ4v) is 2.69. The molecule has 0 fully saturated rings. The number of anilines is 1. The summed E-state index contributed by atoms with van der Waals surface area (Å²) < 4.78 is 1.87. The van der Waals surface area contributed by atoms with Gasteiger partial charge in [-0.1, -0.05) is 6.07 Å². The lowest BCUT2D eigenvalue weighted by Crippen LogP contribution is -2.13. The van der Waals surface area contributed by atoms with Crippen LogP contribution < -0.4 is 5.32 Å². The Morgan fingerprint density at radius 3 is 2.29 bits per heavy atom. The molecule has 0 spiro atoms. The maximum Gasteiger partial charge on any atom is 0.224 e. The van der Waals surface area contributed by atoms with Gasteiger partial charge in [-0.3, -0.25) is 9.48 Å². The number of carbonyl (C=O) groups is 1. The molecule has 2 aromatic rings. The van der Waals surface area contributed by atoms with Crippen molar-refractivity contribution < 1.29 is 4.79 Å². The van der Waals surface area contributed by atoms with Gasteiger partial charge in [-0.15, -0.1) is 0 Å². The highest BCUT2D eigenvalue weighted by Gasteiger charge is 2.11. The molecule has 0 saturated carbocycles. The van der Waals surface area contributed by atoms with Crippen molar-refractivity contribution in [2.45, 2.75) is 40.5 Å². The third-order valence-corrected chi connectivity index (χ3v) is 3.77. The molecular formula is C17H23N3O. The van der Waals surface area contributed by atoms with Crippen LogP contribution in [0.5, 0.6) is 0 Å². The van der Waals surface area contributed by atoms with Gasteiger partial charge < -0.3 is 5.32 Å². The van der Waals surface area contributed by atoms with E-state index >= 15 is 0 Å². The zero-order valence-corrected chi connectivity index (χ0v) is 13.4. The van der Waals surface area contributed by atoms with E-state index in [4.69, 9.17) is 0 Å². The normalized spacial score (nSPS) is 10.7. The number of benzene rings is 1. The van der Waals surface area contributed by atoms with Crippen LogP contribution in [0.4, 0.5) is 5.69 Å². The van der Waals surface area contributed by atoms with E-state index in [1.54, 1.807) is 0 Å². The smallest absolute Gasteiger partial charge is 0.224 e. The highest BCUT2D eigenvalue weighted by atomic mass is 16.1. The van der Waals surface area contributed by atoms with Gasteiger partial charge in [0, 0.05) is 24.8 Å². The first-order valence-corrected chi connectivity index (χ1v) is 7.24. The van der Waals surface area contributed by atoms with E-state index in [2.05, 4.69) is 16.5 Å². The number of aryl methyl sites for hydroxylation is 4. The molecule has 0 atom stereocenters. The summed E-state index contributed by atoms with van der Waals surface area (Å²) in [4.78, 5) is 12.1. The van der Waals surface area contributed by atoms with Gasteiger partial charge in [0.15, 0.2) is 0 Å². The zero-order valence-electron chi connectivity index (χ0n) is 13.4. The first kappa shape index (κ1) is 15.3. The fraction of sp³-hybridized carbons (Fsp3) is 0.412. The van der Waals surface area contributed by atoms with Gasteiger partial charge >= 0.3 is 0 Å². The van der Waals surface area contributed by atoms with E-state index in [1.165, 1.54) is 5.56 Å². The van der Waals surface area contributed by atoms with E-state index < -0.39 is 0 Å². The third kappa shape index (κ3) is 3.72. The molecule has 0 radical (unpaired) electrons. The Bertz CT molecular complexity index is 651. The van der Waals surface area contributed by atoms with E-state index in [0.717, 1.165) is 34.6 Å². The van der Waals surface area contributed by atoms with E-state index in [9.17, 15) is 4.79 Å². The topological polar surface area (TPSA) is 46.9 Å². The van der Waals surface area contributed by atoms with E-state index in [1.807, 2.05) is 51.6 Å². The van der Waals surface area contributed by atoms with Crippen LogP contribution in [0.2, 0.25) is 0 Å². The molecule has 112 valence electrons. The number of nitrogens with one attached hydrogen (secondary N) is 1. The van der Waals surface area contributed by atoms with Crippen molar-refractivity contribution in [3.8, 4) is 0 Å². The molecule has 4 heteroatoms. The minimum absolute atomic E-state index is 0.0441. The van der Waals surface area contributed by atoms with Crippen LogP contribution >= 0.6 is 0 Å². The summed E-state index contributed by atoms with van der Waals surface area (Å²) in [6, 6.07) is 6.08. The lowest BCUT2D eigenvalue weighted by Gasteiger charge is -2.08. The van der Waals surface area contributed by atoms with Crippen LogP contribution in [0.25, 0.3) is 0 Å². The number of rotatable bonds is 4. The van der Waals surface area contributed by atoms with Gasteiger partial charge in [0.05, 0.1) is 5.69 Å². The van der Waals surface area contributed by atoms with Crippen molar-refractivity contribution >= 4 is 11.6 Å². The Morgan fingerprint density at radius 2 is 1.76 bits per heavy atom. The second-order valence-corrected chi connectivity index (χ2v) is 5.70. The molecule has 21 heavy (non-hydrogen) atoms. The van der Waals surface area contributed by atoms with Gasteiger partial charge in [0.1, 0.15) is 0 Å². The second-order valence-electron chi connectivity index (χ2n) is 5.70. The summed E-state index contributed by atoms with van der Waals surface area (Å²) in [6.45, 7) is 8.09. The first-order chi connectivity index (χ1) is 9.86. The maximum absolute atomic E-state index is 12.1. The SMILES string of the molecule is Cc1cc(C)cc(NC(=O)CCc2c(C)nn(C)c2C)c1. The van der Waals surface area contributed by atoms with Crippen LogP contribution in [-0.2, 0) is 18.3 Å². The molecule has 1 heterocycles. The molecule has 0 unspecified atom stereocenters. The molecule has 1 aromatic heterocycles. The first-order valence-electron chi connectivity index (χ1n) is 7.24. The Kier molecular flexibility index (Phi) is 4.46. The predicted octanol–water partition coefficient (Wildman–Crippen LogP) is 3.23. The third-order valence-electron chi connectivity index (χ3n) is 3.77. The molecule has 1 aromatic carbocycles. The molecular weight excluding hydrogens is 262 g/mol. The van der Waals surface area contributed by atoms with Crippen molar-refractivity contribution in [3.63, 3.8) is 0 Å². The number of hydrogen-bond acceptors (Lipinski definition) is 2. The number of nitrogens with zero attached hydrogens (tertiary/aromatic N) is 2. The molecule has 0 bridgehead atoms. The van der Waals surface area contributed by atoms with Gasteiger partial charge in [-0.25, -0.2) is 0 Å². The largest absolute Gasteiger partial charge is 0.326 e. The summed E-state index contributed by atoms with van der Waals surface area (Å²) >= 11 is 0. The number of amides is 1. The van der Waals surface area contributed by atoms with Crippen molar-refractivity contribution in [3.05, 3.63) is 46.3 Å². The zero-order chi connectivity index (χ0) is 15.6. The molecule has 2 rings (SSSR count). The molecule has 0 aliphatic rings. The summed E-state index contributed by atoms with van der Waals surface area (Å²) in [6.07, 6.45) is 1.20. The number of carbonyl (C=O) groups excluding carboxylic acids is 1. The summed E-state index contributed by atoms with van der Waals surface area (Å²) in [5.41, 5.74) is 6.50. The van der Waals surface area contributed by atoms with Crippen molar-refractivity contribution in [2.75, 3.05) is 5.32 Å². The monoisotopic (exact) mass is 285 g/mol. The van der Waals surface area contributed by atoms with Crippen LogP contribution in [0, 0.1) is 27.7 Å². The highest BCUT2D eigenvalue weighted by Crippen LogP contribution is 2.16. The minimum atomic E-state index is 0.0441. The average Bonchev–Trinajstić information content (AvgIpc) is 2.60. The molecule has 0 aliphatic heterocycles. The molecule has 1 amide bonds. The molecule has 0 aliphatic carbocycles. The Morgan fingerprint density at radius 1 is 1.14 bits per heavy atom. The van der Waals surface area contributed by atoms with Gasteiger partial charge in [0.25, 0.3) is 0 Å². The van der Waals surface area contributed by atoms with Crippen LogP contribution in [0.15, 0.2) is 18.2 Å². The summed E-state index contributed by atoms with van der Waals surface area (Å²) in [5.74, 6) is 0.0441. The van der Waals surface area contributed by atoms with Crippen molar-refractivity contribution in [2.24, 2.45) is 7.05 Å². The van der Waals surface area contributed by atoms with Crippen LogP contribution in [-0.4, -0.2) is 15.7 Å². The average molecular weight is 285 g/mol. The second kappa shape index (κ2) is 6.12. The molecule has 4 nitrogen and oxygen atoms in total. The summed E-state index contributed by atoms with van der Waals surface area (Å²) in [5, 5.41) is 7.35. The number of aromatic nitrogens is 2. The van der Waals surface area contributed by atoms with Crippen molar-refractivity contribution in [1.82, 2.24) is 9.78 Å². The van der Waals surface area contributed by atoms with Crippen LogP contribution in [0.1, 0.15) is 34.5 Å². The van der Waals surface area contributed by atoms with E-state index in [0.29, 0.717) is 6.42 Å². The Hall–Kier alpha value is -2.10. The molecule has 0 saturated heterocycles. The Labute approximate surface area is 126 Å². The minimum Gasteiger partial charge on any atom is -0.326 e. The Balaban J connectivity index is 1.99. The lowest BCUT2D eigenvalue weighted by atomic mass is 10.1. The number of hydrogen-bond donors (Lipinski definition) is 1. The fourth-order valence-electron chi connectivity index (χ4n) is 2.69. The van der Waals surface area contributed by atoms with Gasteiger partial charge in [-0.05, 0) is 62.9 Å². The standard InChI is InChI=1S/C17H23N3O/c1-11-8-12(2)10-15(9-11)18-17(21)7-6-16-13(3)19-20(5)14(16)4/h8-10H,6-7H2,1-5H3,(H,18,21). The predicted molar refractivity (Wildman–Crippen MR) is 85.5 cm³/mol. The van der Waals surface area contributed by atoms with Gasteiger partial charge in [-0.2, -0.15) is 5.10 Å². The quantitative estimate of drug-likeness (QED) is 0.937. The lowest BCUT2D eigenvalue weighted by molar-refractivity contribution is -0.116.